The monoisotopic (exact) mass is 349 g/mol. The number of methoxy groups -OCH3 is 1. The fourth-order valence-corrected chi connectivity index (χ4v) is 4.43. The number of ether oxygens (including phenoxy) is 1. The van der Waals surface area contributed by atoms with E-state index in [-0.39, 0.29) is 11.3 Å². The van der Waals surface area contributed by atoms with Crippen molar-refractivity contribution in [3.8, 4) is 17.1 Å². The van der Waals surface area contributed by atoms with Crippen LogP contribution in [0.2, 0.25) is 0 Å². The summed E-state index contributed by atoms with van der Waals surface area (Å²) in [6, 6.07) is 8.20. The van der Waals surface area contributed by atoms with Crippen LogP contribution < -0.4 is 10.1 Å². The first-order valence-electron chi connectivity index (χ1n) is 8.31. The van der Waals surface area contributed by atoms with E-state index in [0.717, 1.165) is 42.7 Å². The van der Waals surface area contributed by atoms with Gasteiger partial charge >= 0.3 is 6.01 Å². The Balaban J connectivity index is 1.66. The Morgan fingerprint density at radius 2 is 2.29 bits per heavy atom. The molecule has 0 bridgehead atoms. The van der Waals surface area contributed by atoms with E-state index in [4.69, 9.17) is 9.26 Å². The van der Waals surface area contributed by atoms with E-state index in [1.54, 1.807) is 7.11 Å². The Morgan fingerprint density at radius 3 is 3.08 bits per heavy atom. The van der Waals surface area contributed by atoms with Crippen LogP contribution in [0.25, 0.3) is 11.4 Å². The number of hydrogen-bond acceptors (Lipinski definition) is 6. The van der Waals surface area contributed by atoms with Crippen LogP contribution in [0.5, 0.6) is 5.75 Å². The van der Waals surface area contributed by atoms with Crippen LogP contribution in [0.1, 0.15) is 32.6 Å². The molecule has 1 aromatic carbocycles. The van der Waals surface area contributed by atoms with Gasteiger partial charge in [-0.1, -0.05) is 30.6 Å². The molecule has 1 aromatic heterocycles. The molecule has 1 fully saturated rings. The summed E-state index contributed by atoms with van der Waals surface area (Å²) in [4.78, 5) is 4.42. The summed E-state index contributed by atoms with van der Waals surface area (Å²) in [5.74, 6) is 2.00. The van der Waals surface area contributed by atoms with Crippen molar-refractivity contribution in [3.63, 3.8) is 0 Å². The summed E-state index contributed by atoms with van der Waals surface area (Å²) in [6.07, 6.45) is 4.04. The first kappa shape index (κ1) is 17.0. The second kappa shape index (κ2) is 7.79. The predicted molar refractivity (Wildman–Crippen MR) is 94.6 cm³/mol. The van der Waals surface area contributed by atoms with Gasteiger partial charge in [0.1, 0.15) is 5.75 Å². The van der Waals surface area contributed by atoms with E-state index < -0.39 is 10.8 Å². The van der Waals surface area contributed by atoms with Crippen molar-refractivity contribution >= 4 is 16.8 Å². The molecule has 2 aromatic rings. The number of hydrogen-bond donors (Lipinski definition) is 1. The van der Waals surface area contributed by atoms with Crippen LogP contribution in [0.15, 0.2) is 28.8 Å². The van der Waals surface area contributed by atoms with Crippen LogP contribution in [-0.4, -0.2) is 38.5 Å². The fraction of sp³-hybridized carbons (Fsp3) is 0.529. The largest absolute Gasteiger partial charge is 0.497 e. The summed E-state index contributed by atoms with van der Waals surface area (Å²) in [6.45, 7) is 1.98. The maximum atomic E-state index is 12.0. The van der Waals surface area contributed by atoms with Gasteiger partial charge in [0.25, 0.3) is 0 Å². The number of benzene rings is 1. The van der Waals surface area contributed by atoms with Gasteiger partial charge in [-0.25, -0.2) is 0 Å². The molecule has 24 heavy (non-hydrogen) atoms. The first-order chi connectivity index (χ1) is 11.7. The molecule has 0 spiro atoms. The Labute approximate surface area is 144 Å². The molecule has 1 heterocycles. The molecule has 0 aliphatic heterocycles. The lowest BCUT2D eigenvalue weighted by molar-refractivity contribution is 0.408. The fourth-order valence-electron chi connectivity index (χ4n) is 3.09. The number of nitrogens with one attached hydrogen (secondary N) is 1. The molecule has 1 N–H and O–H groups in total. The normalized spacial score (nSPS) is 22.1. The van der Waals surface area contributed by atoms with E-state index >= 15 is 0 Å². The molecular weight excluding hydrogens is 326 g/mol. The van der Waals surface area contributed by atoms with Crippen molar-refractivity contribution in [1.82, 2.24) is 10.1 Å². The second-order valence-corrected chi connectivity index (χ2v) is 7.96. The van der Waals surface area contributed by atoms with E-state index in [0.29, 0.717) is 11.8 Å². The van der Waals surface area contributed by atoms with Crippen LogP contribution in [0.3, 0.4) is 0 Å². The number of aromatic nitrogens is 2. The van der Waals surface area contributed by atoms with Crippen molar-refractivity contribution < 1.29 is 13.5 Å². The van der Waals surface area contributed by atoms with E-state index in [9.17, 15) is 4.21 Å². The third kappa shape index (κ3) is 3.95. The highest BCUT2D eigenvalue weighted by atomic mass is 32.2. The Kier molecular flexibility index (Phi) is 5.50. The van der Waals surface area contributed by atoms with Gasteiger partial charge in [0.05, 0.1) is 7.11 Å². The number of nitrogens with zero attached hydrogens (tertiary/aromatic N) is 2. The highest BCUT2D eigenvalue weighted by Gasteiger charge is 2.26. The second-order valence-electron chi connectivity index (χ2n) is 5.95. The van der Waals surface area contributed by atoms with Crippen molar-refractivity contribution in [2.45, 2.75) is 43.9 Å². The maximum Gasteiger partial charge on any atom is 0.322 e. The molecular formula is C17H23N3O3S. The van der Waals surface area contributed by atoms with Gasteiger partial charge in [-0.2, -0.15) is 4.98 Å². The minimum atomic E-state index is -0.741. The van der Waals surface area contributed by atoms with Gasteiger partial charge in [-0.3, -0.25) is 4.21 Å². The zero-order valence-electron chi connectivity index (χ0n) is 14.0. The summed E-state index contributed by atoms with van der Waals surface area (Å²) < 4.78 is 22.6. The summed E-state index contributed by atoms with van der Waals surface area (Å²) >= 11 is 0. The highest BCUT2D eigenvalue weighted by Crippen LogP contribution is 2.27. The lowest BCUT2D eigenvalue weighted by atomic mass is 9.95. The Bertz CT molecular complexity index is 704. The molecule has 1 aliphatic carbocycles. The van der Waals surface area contributed by atoms with Crippen LogP contribution >= 0.6 is 0 Å². The SMILES string of the molecule is CCS(=O)C1CCCC(Nc2nc(-c3cccc(OC)c3)no2)C1. The molecule has 1 aliphatic rings. The molecule has 3 unspecified atom stereocenters. The molecule has 3 rings (SSSR count). The van der Waals surface area contributed by atoms with Gasteiger partial charge in [0.15, 0.2) is 0 Å². The third-order valence-electron chi connectivity index (χ3n) is 4.36. The van der Waals surface area contributed by atoms with Gasteiger partial charge < -0.3 is 14.6 Å². The van der Waals surface area contributed by atoms with Crippen LogP contribution in [-0.2, 0) is 10.8 Å². The van der Waals surface area contributed by atoms with Crippen LogP contribution in [0, 0.1) is 0 Å². The molecule has 0 saturated heterocycles. The average Bonchev–Trinajstić information content (AvgIpc) is 3.10. The zero-order valence-corrected chi connectivity index (χ0v) is 14.8. The van der Waals surface area contributed by atoms with Gasteiger partial charge in [-0.05, 0) is 31.4 Å². The first-order valence-corrected chi connectivity index (χ1v) is 9.69. The lowest BCUT2D eigenvalue weighted by Crippen LogP contribution is -2.33. The summed E-state index contributed by atoms with van der Waals surface area (Å²) in [5.41, 5.74) is 0.847. The minimum Gasteiger partial charge on any atom is -0.497 e. The Hall–Kier alpha value is -1.89. The minimum absolute atomic E-state index is 0.234. The standard InChI is InChI=1S/C17H23N3O3S/c1-3-24(21)15-9-5-7-13(11-15)18-17-19-16(20-23-17)12-6-4-8-14(10-12)22-2/h4,6,8,10,13,15H,3,5,7,9,11H2,1-2H3,(H,18,19,20). The third-order valence-corrected chi connectivity index (χ3v) is 6.10. The van der Waals surface area contributed by atoms with Crippen LogP contribution in [0.4, 0.5) is 6.01 Å². The quantitative estimate of drug-likeness (QED) is 0.863. The van der Waals surface area contributed by atoms with Crippen molar-refractivity contribution in [1.29, 1.82) is 0 Å². The number of anilines is 1. The topological polar surface area (TPSA) is 77.2 Å². The molecule has 3 atom stereocenters. The molecule has 0 amide bonds. The van der Waals surface area contributed by atoms with E-state index in [1.165, 1.54) is 0 Å². The molecule has 6 nitrogen and oxygen atoms in total. The molecule has 0 radical (unpaired) electrons. The zero-order chi connectivity index (χ0) is 16.9. The van der Waals surface area contributed by atoms with Crippen molar-refractivity contribution in [3.05, 3.63) is 24.3 Å². The smallest absolute Gasteiger partial charge is 0.322 e. The van der Waals surface area contributed by atoms with E-state index in [1.807, 2.05) is 31.2 Å². The Morgan fingerprint density at radius 1 is 1.42 bits per heavy atom. The van der Waals surface area contributed by atoms with Crippen molar-refractivity contribution in [2.24, 2.45) is 0 Å². The van der Waals surface area contributed by atoms with Gasteiger partial charge in [0, 0.05) is 33.4 Å². The van der Waals surface area contributed by atoms with Gasteiger partial charge in [0.2, 0.25) is 5.82 Å². The summed E-state index contributed by atoms with van der Waals surface area (Å²) in [5, 5.41) is 7.60. The maximum absolute atomic E-state index is 12.0. The van der Waals surface area contributed by atoms with E-state index in [2.05, 4.69) is 15.5 Å². The average molecular weight is 349 g/mol. The van der Waals surface area contributed by atoms with Gasteiger partial charge in [-0.15, -0.1) is 0 Å². The van der Waals surface area contributed by atoms with Crippen molar-refractivity contribution in [2.75, 3.05) is 18.2 Å². The summed E-state index contributed by atoms with van der Waals surface area (Å²) in [7, 11) is 0.886. The number of rotatable bonds is 6. The highest BCUT2D eigenvalue weighted by molar-refractivity contribution is 7.85. The lowest BCUT2D eigenvalue weighted by Gasteiger charge is -2.28. The molecule has 7 heteroatoms. The molecule has 130 valence electrons. The molecule has 1 saturated carbocycles. The predicted octanol–water partition coefficient (Wildman–Crippen LogP) is 3.24.